The summed E-state index contributed by atoms with van der Waals surface area (Å²) >= 11 is 7.27. The number of nitrogens with two attached hydrogens (primary N) is 1. The van der Waals surface area contributed by atoms with Crippen molar-refractivity contribution in [1.82, 2.24) is 0 Å². The van der Waals surface area contributed by atoms with Crippen molar-refractivity contribution in [3.63, 3.8) is 0 Å². The van der Waals surface area contributed by atoms with Gasteiger partial charge in [-0.15, -0.1) is 17.9 Å². The summed E-state index contributed by atoms with van der Waals surface area (Å²) in [6, 6.07) is 3.89. The van der Waals surface area contributed by atoms with Gasteiger partial charge in [0.25, 0.3) is 0 Å². The van der Waals surface area contributed by atoms with Crippen LogP contribution >= 0.6 is 22.9 Å². The third-order valence-electron chi connectivity index (χ3n) is 1.38. The maximum Gasteiger partial charge on any atom is 0.0931 e. The van der Waals surface area contributed by atoms with Crippen molar-refractivity contribution in [1.29, 1.82) is 0 Å². The summed E-state index contributed by atoms with van der Waals surface area (Å²) < 4.78 is 0.791. The maximum absolute atomic E-state index is 5.80. The van der Waals surface area contributed by atoms with Gasteiger partial charge in [0, 0.05) is 10.9 Å². The molecule has 60 valence electrons. The molecule has 0 aliphatic heterocycles. The van der Waals surface area contributed by atoms with Gasteiger partial charge in [0.2, 0.25) is 0 Å². The Morgan fingerprint density at radius 1 is 1.73 bits per heavy atom. The number of thiophene rings is 1. The van der Waals surface area contributed by atoms with Crippen molar-refractivity contribution in [2.75, 3.05) is 0 Å². The Kier molecular flexibility index (Phi) is 3.12. The van der Waals surface area contributed by atoms with Gasteiger partial charge in [-0.05, 0) is 18.6 Å². The Bertz CT molecular complexity index is 244. The van der Waals surface area contributed by atoms with E-state index in [4.69, 9.17) is 17.3 Å². The zero-order valence-electron chi connectivity index (χ0n) is 6.09. The lowest BCUT2D eigenvalue weighted by atomic mass is 10.2. The summed E-state index contributed by atoms with van der Waals surface area (Å²) in [5, 5.41) is 0. The second-order valence-electron chi connectivity index (χ2n) is 2.27. The minimum atomic E-state index is 0.0602. The van der Waals surface area contributed by atoms with Gasteiger partial charge < -0.3 is 5.73 Å². The summed E-state index contributed by atoms with van der Waals surface area (Å²) in [4.78, 5) is 1.12. The standard InChI is InChI=1S/C8H10ClNS/c1-2-3-6(10)7-4-5-8(9)11-7/h2,4-6H,1,3,10H2. The van der Waals surface area contributed by atoms with Gasteiger partial charge in [-0.3, -0.25) is 0 Å². The van der Waals surface area contributed by atoms with Crippen molar-refractivity contribution in [2.45, 2.75) is 12.5 Å². The predicted octanol–water partition coefficient (Wildman–Crippen LogP) is 2.98. The Morgan fingerprint density at radius 2 is 2.45 bits per heavy atom. The lowest BCUT2D eigenvalue weighted by Gasteiger charge is -2.03. The molecule has 0 aromatic carbocycles. The number of rotatable bonds is 3. The molecule has 1 heterocycles. The quantitative estimate of drug-likeness (QED) is 0.724. The van der Waals surface area contributed by atoms with Crippen molar-refractivity contribution < 1.29 is 0 Å². The van der Waals surface area contributed by atoms with E-state index in [2.05, 4.69) is 6.58 Å². The van der Waals surface area contributed by atoms with Gasteiger partial charge in [0.15, 0.2) is 0 Å². The highest BCUT2D eigenvalue weighted by atomic mass is 35.5. The number of halogens is 1. The molecule has 0 radical (unpaired) electrons. The van der Waals surface area contributed by atoms with Gasteiger partial charge in [-0.2, -0.15) is 0 Å². The van der Waals surface area contributed by atoms with E-state index in [1.54, 1.807) is 0 Å². The van der Waals surface area contributed by atoms with E-state index < -0.39 is 0 Å². The molecule has 0 fully saturated rings. The highest BCUT2D eigenvalue weighted by Gasteiger charge is 2.05. The predicted molar refractivity (Wildman–Crippen MR) is 51.1 cm³/mol. The average Bonchev–Trinajstić information content (AvgIpc) is 2.36. The first kappa shape index (κ1) is 8.78. The van der Waals surface area contributed by atoms with Crippen LogP contribution in [0.5, 0.6) is 0 Å². The molecular formula is C8H10ClNS. The van der Waals surface area contributed by atoms with Crippen LogP contribution in [0.15, 0.2) is 24.8 Å². The summed E-state index contributed by atoms with van der Waals surface area (Å²) in [6.45, 7) is 3.62. The molecule has 1 aromatic rings. The smallest absolute Gasteiger partial charge is 0.0931 e. The van der Waals surface area contributed by atoms with E-state index in [9.17, 15) is 0 Å². The molecule has 0 saturated carbocycles. The van der Waals surface area contributed by atoms with E-state index in [0.717, 1.165) is 15.6 Å². The second kappa shape index (κ2) is 3.90. The van der Waals surface area contributed by atoms with E-state index in [1.807, 2.05) is 18.2 Å². The fourth-order valence-corrected chi connectivity index (χ4v) is 1.90. The minimum Gasteiger partial charge on any atom is -0.323 e. The summed E-state index contributed by atoms with van der Waals surface area (Å²) in [5.74, 6) is 0. The van der Waals surface area contributed by atoms with Crippen molar-refractivity contribution >= 4 is 22.9 Å². The topological polar surface area (TPSA) is 26.0 Å². The molecule has 0 amide bonds. The summed E-state index contributed by atoms with van der Waals surface area (Å²) in [6.07, 6.45) is 2.62. The summed E-state index contributed by atoms with van der Waals surface area (Å²) in [5.41, 5.74) is 5.80. The molecule has 0 saturated heterocycles. The van der Waals surface area contributed by atoms with Gasteiger partial charge in [-0.25, -0.2) is 0 Å². The highest BCUT2D eigenvalue weighted by Crippen LogP contribution is 2.27. The van der Waals surface area contributed by atoms with Crippen LogP contribution in [-0.4, -0.2) is 0 Å². The number of hydrogen-bond donors (Lipinski definition) is 1. The minimum absolute atomic E-state index is 0.0602. The Balaban J connectivity index is 2.67. The SMILES string of the molecule is C=CCC(N)c1ccc(Cl)s1. The lowest BCUT2D eigenvalue weighted by Crippen LogP contribution is -2.06. The molecule has 1 atom stereocenters. The fourth-order valence-electron chi connectivity index (χ4n) is 0.823. The zero-order valence-corrected chi connectivity index (χ0v) is 7.66. The Morgan fingerprint density at radius 3 is 2.91 bits per heavy atom. The van der Waals surface area contributed by atoms with Crippen LogP contribution in [0.4, 0.5) is 0 Å². The van der Waals surface area contributed by atoms with Gasteiger partial charge >= 0.3 is 0 Å². The average molecular weight is 188 g/mol. The maximum atomic E-state index is 5.80. The molecule has 1 aromatic heterocycles. The van der Waals surface area contributed by atoms with Gasteiger partial charge in [0.1, 0.15) is 0 Å². The van der Waals surface area contributed by atoms with E-state index in [-0.39, 0.29) is 6.04 Å². The molecule has 1 nitrogen and oxygen atoms in total. The highest BCUT2D eigenvalue weighted by molar-refractivity contribution is 7.16. The number of hydrogen-bond acceptors (Lipinski definition) is 2. The summed E-state index contributed by atoms with van der Waals surface area (Å²) in [7, 11) is 0. The van der Waals surface area contributed by atoms with Crippen LogP contribution in [0.1, 0.15) is 17.3 Å². The second-order valence-corrected chi connectivity index (χ2v) is 4.02. The molecule has 0 aliphatic rings. The molecule has 11 heavy (non-hydrogen) atoms. The van der Waals surface area contributed by atoms with Crippen LogP contribution in [0, 0.1) is 0 Å². The first-order valence-corrected chi connectivity index (χ1v) is 4.55. The zero-order chi connectivity index (χ0) is 8.27. The normalized spacial score (nSPS) is 12.9. The molecule has 3 heteroatoms. The van der Waals surface area contributed by atoms with Crippen LogP contribution in [-0.2, 0) is 0 Å². The Hall–Kier alpha value is -0.310. The van der Waals surface area contributed by atoms with Gasteiger partial charge in [-0.1, -0.05) is 17.7 Å². The van der Waals surface area contributed by atoms with Gasteiger partial charge in [0.05, 0.1) is 4.34 Å². The molecule has 1 unspecified atom stereocenters. The van der Waals surface area contributed by atoms with Crippen LogP contribution in [0.2, 0.25) is 4.34 Å². The van der Waals surface area contributed by atoms with E-state index >= 15 is 0 Å². The van der Waals surface area contributed by atoms with E-state index in [1.165, 1.54) is 11.3 Å². The van der Waals surface area contributed by atoms with Crippen molar-refractivity contribution in [3.05, 3.63) is 34.0 Å². The third kappa shape index (κ3) is 2.33. The van der Waals surface area contributed by atoms with E-state index in [0.29, 0.717) is 0 Å². The molecule has 1 rings (SSSR count). The first-order chi connectivity index (χ1) is 5.24. The monoisotopic (exact) mass is 187 g/mol. The molecular weight excluding hydrogens is 178 g/mol. The molecule has 0 bridgehead atoms. The van der Waals surface area contributed by atoms with Crippen LogP contribution in [0.3, 0.4) is 0 Å². The van der Waals surface area contributed by atoms with Crippen LogP contribution < -0.4 is 5.73 Å². The molecule has 2 N–H and O–H groups in total. The van der Waals surface area contributed by atoms with Crippen molar-refractivity contribution in [3.8, 4) is 0 Å². The third-order valence-corrected chi connectivity index (χ3v) is 2.74. The Labute approximate surface area is 75.5 Å². The molecule has 0 aliphatic carbocycles. The first-order valence-electron chi connectivity index (χ1n) is 3.35. The van der Waals surface area contributed by atoms with Crippen LogP contribution in [0.25, 0.3) is 0 Å². The lowest BCUT2D eigenvalue weighted by molar-refractivity contribution is 0.758. The molecule has 0 spiro atoms. The fraction of sp³-hybridized carbons (Fsp3) is 0.250. The van der Waals surface area contributed by atoms with Crippen molar-refractivity contribution in [2.24, 2.45) is 5.73 Å². The largest absolute Gasteiger partial charge is 0.323 e.